The maximum absolute atomic E-state index is 10.1. The predicted octanol–water partition coefficient (Wildman–Crippen LogP) is 1.60. The maximum atomic E-state index is 10.1. The molecule has 3 heteroatoms. The average Bonchev–Trinajstić information content (AvgIpc) is 1.66. The molecular formula is C5H11NOS. The highest BCUT2D eigenvalue weighted by molar-refractivity contribution is 8.13. The molecule has 0 radical (unpaired) electrons. The Labute approximate surface area is 53.8 Å². The number of primary amides is 1. The predicted molar refractivity (Wildman–Crippen MR) is 36.9 cm³/mol. The van der Waals surface area contributed by atoms with E-state index >= 15 is 0 Å². The van der Waals surface area contributed by atoms with Gasteiger partial charge in [0.1, 0.15) is 0 Å². The van der Waals surface area contributed by atoms with E-state index in [1.165, 1.54) is 11.8 Å². The summed E-state index contributed by atoms with van der Waals surface area (Å²) in [5.74, 6) is 0.867. The van der Waals surface area contributed by atoms with Gasteiger partial charge in [0.05, 0.1) is 0 Å². The molecule has 0 fully saturated rings. The number of unbranched alkanes of at least 4 members (excludes halogenated alkanes) is 1. The van der Waals surface area contributed by atoms with Crippen LogP contribution in [0.25, 0.3) is 0 Å². The second-order valence-corrected chi connectivity index (χ2v) is 2.62. The molecule has 0 unspecified atom stereocenters. The quantitative estimate of drug-likeness (QED) is 0.594. The van der Waals surface area contributed by atoms with Crippen LogP contribution >= 0.6 is 11.8 Å². The number of amides is 1. The molecule has 8 heavy (non-hydrogen) atoms. The van der Waals surface area contributed by atoms with Gasteiger partial charge in [-0.1, -0.05) is 25.1 Å². The van der Waals surface area contributed by atoms with E-state index in [-0.39, 0.29) is 5.24 Å². The van der Waals surface area contributed by atoms with Crippen molar-refractivity contribution in [1.82, 2.24) is 0 Å². The standard InChI is InChI=1S/C5H11NOS/c1-2-3-4-8-5(6)7/h2-4H2,1H3,(H2,6,7). The lowest BCUT2D eigenvalue weighted by atomic mass is 10.4. The van der Waals surface area contributed by atoms with Crippen LogP contribution in [0.15, 0.2) is 0 Å². The van der Waals surface area contributed by atoms with Crippen LogP contribution in [0.3, 0.4) is 0 Å². The molecule has 2 N–H and O–H groups in total. The molecule has 48 valence electrons. The summed E-state index contributed by atoms with van der Waals surface area (Å²) in [5, 5.41) is -0.265. The third-order valence-corrected chi connectivity index (χ3v) is 1.52. The van der Waals surface area contributed by atoms with Crippen molar-refractivity contribution in [1.29, 1.82) is 0 Å². The van der Waals surface area contributed by atoms with Gasteiger partial charge in [0.25, 0.3) is 5.24 Å². The molecule has 2 nitrogen and oxygen atoms in total. The molecule has 0 aromatic carbocycles. The van der Waals surface area contributed by atoms with E-state index in [2.05, 4.69) is 6.92 Å². The first-order valence-electron chi connectivity index (χ1n) is 2.69. The van der Waals surface area contributed by atoms with E-state index in [0.29, 0.717) is 0 Å². The Hall–Kier alpha value is -0.180. The zero-order valence-electron chi connectivity index (χ0n) is 5.02. The fourth-order valence-corrected chi connectivity index (χ4v) is 0.951. The van der Waals surface area contributed by atoms with Crippen LogP contribution < -0.4 is 5.73 Å². The van der Waals surface area contributed by atoms with Crippen LogP contribution in [0.4, 0.5) is 4.79 Å². The smallest absolute Gasteiger partial charge is 0.276 e. The fourth-order valence-electron chi connectivity index (χ4n) is 0.317. The van der Waals surface area contributed by atoms with Crippen LogP contribution in [0.1, 0.15) is 19.8 Å². The van der Waals surface area contributed by atoms with E-state index in [1.54, 1.807) is 0 Å². The summed E-state index contributed by atoms with van der Waals surface area (Å²) in [6, 6.07) is 0. The molecule has 0 bridgehead atoms. The van der Waals surface area contributed by atoms with Crippen molar-refractivity contribution < 1.29 is 4.79 Å². The monoisotopic (exact) mass is 133 g/mol. The fraction of sp³-hybridized carbons (Fsp3) is 0.800. The molecule has 0 aromatic rings. The number of carbonyl (C=O) groups excluding carboxylic acids is 1. The third kappa shape index (κ3) is 5.82. The Morgan fingerprint density at radius 2 is 2.38 bits per heavy atom. The SMILES string of the molecule is CCCCSC(N)=O. The van der Waals surface area contributed by atoms with Gasteiger partial charge < -0.3 is 5.73 Å². The Morgan fingerprint density at radius 1 is 1.75 bits per heavy atom. The largest absolute Gasteiger partial charge is 0.361 e. The molecule has 0 saturated carbocycles. The van der Waals surface area contributed by atoms with Crippen molar-refractivity contribution in [2.24, 2.45) is 5.73 Å². The first-order chi connectivity index (χ1) is 3.77. The minimum absolute atomic E-state index is 0.265. The van der Waals surface area contributed by atoms with Gasteiger partial charge in [0.2, 0.25) is 0 Å². The summed E-state index contributed by atoms with van der Waals surface area (Å²) in [5.41, 5.74) is 4.86. The molecule has 0 aliphatic heterocycles. The second-order valence-electron chi connectivity index (χ2n) is 1.52. The lowest BCUT2D eigenvalue weighted by molar-refractivity contribution is 0.267. The average molecular weight is 133 g/mol. The molecule has 0 atom stereocenters. The number of hydrogen-bond donors (Lipinski definition) is 1. The van der Waals surface area contributed by atoms with Crippen molar-refractivity contribution in [2.45, 2.75) is 19.8 Å². The molecular weight excluding hydrogens is 122 g/mol. The van der Waals surface area contributed by atoms with Gasteiger partial charge in [0, 0.05) is 5.75 Å². The molecule has 0 rings (SSSR count). The van der Waals surface area contributed by atoms with Gasteiger partial charge in [-0.25, -0.2) is 0 Å². The molecule has 0 heterocycles. The second kappa shape index (κ2) is 4.97. The highest BCUT2D eigenvalue weighted by Crippen LogP contribution is 2.02. The number of nitrogens with two attached hydrogens (primary N) is 1. The summed E-state index contributed by atoms with van der Waals surface area (Å²) >= 11 is 1.19. The van der Waals surface area contributed by atoms with Crippen molar-refractivity contribution in [2.75, 3.05) is 5.75 Å². The van der Waals surface area contributed by atoms with E-state index in [4.69, 9.17) is 5.73 Å². The Balaban J connectivity index is 2.82. The van der Waals surface area contributed by atoms with Crippen LogP contribution in [0.2, 0.25) is 0 Å². The molecule has 0 aliphatic rings. The normalized spacial score (nSPS) is 9.12. The van der Waals surface area contributed by atoms with Crippen molar-refractivity contribution in [3.63, 3.8) is 0 Å². The van der Waals surface area contributed by atoms with Gasteiger partial charge in [-0.3, -0.25) is 4.79 Å². The van der Waals surface area contributed by atoms with Crippen LogP contribution in [-0.2, 0) is 0 Å². The highest BCUT2D eigenvalue weighted by atomic mass is 32.2. The number of thioether (sulfide) groups is 1. The van der Waals surface area contributed by atoms with Gasteiger partial charge >= 0.3 is 0 Å². The third-order valence-electron chi connectivity index (χ3n) is 0.742. The van der Waals surface area contributed by atoms with Gasteiger partial charge in [-0.05, 0) is 6.42 Å². The van der Waals surface area contributed by atoms with Crippen LogP contribution in [0.5, 0.6) is 0 Å². The van der Waals surface area contributed by atoms with Crippen molar-refractivity contribution in [3.8, 4) is 0 Å². The number of hydrogen-bond acceptors (Lipinski definition) is 2. The molecule has 0 aromatic heterocycles. The van der Waals surface area contributed by atoms with E-state index < -0.39 is 0 Å². The summed E-state index contributed by atoms with van der Waals surface area (Å²) in [6.07, 6.45) is 2.20. The highest BCUT2D eigenvalue weighted by Gasteiger charge is 1.90. The minimum Gasteiger partial charge on any atom is -0.361 e. The van der Waals surface area contributed by atoms with Crippen molar-refractivity contribution in [3.05, 3.63) is 0 Å². The summed E-state index contributed by atoms with van der Waals surface area (Å²) < 4.78 is 0. The minimum atomic E-state index is -0.265. The number of rotatable bonds is 3. The van der Waals surface area contributed by atoms with Gasteiger partial charge in [-0.2, -0.15) is 0 Å². The van der Waals surface area contributed by atoms with E-state index in [1.807, 2.05) is 0 Å². The van der Waals surface area contributed by atoms with Crippen molar-refractivity contribution >= 4 is 17.0 Å². The summed E-state index contributed by atoms with van der Waals surface area (Å²) in [4.78, 5) is 10.1. The summed E-state index contributed by atoms with van der Waals surface area (Å²) in [7, 11) is 0. The Bertz CT molecular complexity index is 74.8. The van der Waals surface area contributed by atoms with Crippen LogP contribution in [0, 0.1) is 0 Å². The summed E-state index contributed by atoms with van der Waals surface area (Å²) in [6.45, 7) is 2.08. The lowest BCUT2D eigenvalue weighted by Crippen LogP contribution is -2.02. The maximum Gasteiger partial charge on any atom is 0.276 e. The first-order valence-corrected chi connectivity index (χ1v) is 3.68. The zero-order valence-corrected chi connectivity index (χ0v) is 5.83. The van der Waals surface area contributed by atoms with Gasteiger partial charge in [-0.15, -0.1) is 0 Å². The molecule has 0 aliphatic carbocycles. The molecule has 0 saturated heterocycles. The molecule has 0 spiro atoms. The van der Waals surface area contributed by atoms with E-state index in [0.717, 1.165) is 18.6 Å². The van der Waals surface area contributed by atoms with E-state index in [9.17, 15) is 4.79 Å². The van der Waals surface area contributed by atoms with Gasteiger partial charge in [0.15, 0.2) is 0 Å². The Kier molecular flexibility index (Phi) is 4.85. The Morgan fingerprint density at radius 3 is 2.75 bits per heavy atom. The zero-order chi connectivity index (χ0) is 6.41. The molecule has 1 amide bonds. The van der Waals surface area contributed by atoms with Crippen LogP contribution in [-0.4, -0.2) is 11.0 Å². The lowest BCUT2D eigenvalue weighted by Gasteiger charge is -1.90. The number of carbonyl (C=O) groups is 1. The topological polar surface area (TPSA) is 43.1 Å². The first kappa shape index (κ1) is 7.82.